The molecule has 4 rings (SSSR count). The Bertz CT molecular complexity index is 1050. The van der Waals surface area contributed by atoms with Crippen LogP contribution in [0.4, 0.5) is 4.39 Å². The highest BCUT2D eigenvalue weighted by molar-refractivity contribution is 7.93. The van der Waals surface area contributed by atoms with Crippen LogP contribution in [0.25, 0.3) is 0 Å². The third kappa shape index (κ3) is 3.68. The van der Waals surface area contributed by atoms with Gasteiger partial charge in [-0.2, -0.15) is 0 Å². The molecule has 30 heavy (non-hydrogen) atoms. The molecule has 5 heteroatoms. The number of piperidine rings is 1. The Morgan fingerprint density at radius 3 is 1.73 bits per heavy atom. The average molecular weight is 424 g/mol. The largest absolute Gasteiger partial charge is 0.317 e. The minimum Gasteiger partial charge on any atom is -0.317 e. The van der Waals surface area contributed by atoms with Crippen molar-refractivity contribution >= 4 is 9.84 Å². The Labute approximate surface area is 177 Å². The van der Waals surface area contributed by atoms with Gasteiger partial charge < -0.3 is 5.32 Å². The van der Waals surface area contributed by atoms with Crippen LogP contribution in [0.2, 0.25) is 0 Å². The summed E-state index contributed by atoms with van der Waals surface area (Å²) < 4.78 is 43.2. The Balaban J connectivity index is 1.93. The van der Waals surface area contributed by atoms with E-state index in [9.17, 15) is 8.42 Å². The molecule has 2 unspecified atom stereocenters. The minimum absolute atomic E-state index is 0.257. The maximum Gasteiger partial charge on any atom is 0.184 e. The highest BCUT2D eigenvalue weighted by Crippen LogP contribution is 2.51. The molecule has 0 amide bonds. The highest BCUT2D eigenvalue weighted by Gasteiger charge is 2.54. The van der Waals surface area contributed by atoms with Crippen LogP contribution < -0.4 is 5.32 Å². The topological polar surface area (TPSA) is 46.2 Å². The van der Waals surface area contributed by atoms with Gasteiger partial charge in [-0.25, -0.2) is 12.8 Å². The average Bonchev–Trinajstić information content (AvgIpc) is 2.81. The van der Waals surface area contributed by atoms with Crippen LogP contribution in [0, 0.1) is 0 Å². The number of nitrogens with one attached hydrogen (secondary N) is 1. The summed E-state index contributed by atoms with van der Waals surface area (Å²) in [6, 6.07) is 26.7. The van der Waals surface area contributed by atoms with Crippen LogP contribution in [-0.2, 0) is 9.84 Å². The molecule has 0 saturated carbocycles. The summed E-state index contributed by atoms with van der Waals surface area (Å²) in [5, 5.41) is 3.26. The first-order valence-electron chi connectivity index (χ1n) is 10.3. The Morgan fingerprint density at radius 1 is 0.733 bits per heavy atom. The molecule has 0 aromatic heterocycles. The third-order valence-corrected chi connectivity index (χ3v) is 8.80. The molecule has 1 saturated heterocycles. The molecular formula is C25H26FNO2S. The second-order valence-electron chi connectivity index (χ2n) is 7.83. The Kier molecular flexibility index (Phi) is 6.02. The van der Waals surface area contributed by atoms with E-state index in [-0.39, 0.29) is 4.90 Å². The molecule has 3 nitrogen and oxygen atoms in total. The monoisotopic (exact) mass is 423 g/mol. The lowest BCUT2D eigenvalue weighted by atomic mass is 9.75. The van der Waals surface area contributed by atoms with E-state index in [1.54, 1.807) is 54.6 Å². The second kappa shape index (κ2) is 8.70. The van der Waals surface area contributed by atoms with E-state index in [0.717, 1.165) is 5.56 Å². The molecule has 0 aliphatic carbocycles. The molecular weight excluding hydrogens is 397 g/mol. The van der Waals surface area contributed by atoms with Crippen LogP contribution in [0.15, 0.2) is 95.9 Å². The minimum atomic E-state index is -3.80. The van der Waals surface area contributed by atoms with Crippen LogP contribution in [0.3, 0.4) is 0 Å². The van der Waals surface area contributed by atoms with Crippen molar-refractivity contribution in [2.24, 2.45) is 0 Å². The van der Waals surface area contributed by atoms with Crippen molar-refractivity contribution < 1.29 is 12.8 Å². The first kappa shape index (κ1) is 20.8. The molecule has 1 heterocycles. The molecule has 156 valence electrons. The maximum absolute atomic E-state index is 16.3. The van der Waals surface area contributed by atoms with Gasteiger partial charge in [0.1, 0.15) is 6.17 Å². The van der Waals surface area contributed by atoms with Gasteiger partial charge in [-0.3, -0.25) is 0 Å². The van der Waals surface area contributed by atoms with Crippen molar-refractivity contribution in [2.45, 2.75) is 34.6 Å². The summed E-state index contributed by atoms with van der Waals surface area (Å²) in [6.45, 7) is 1.08. The smallest absolute Gasteiger partial charge is 0.184 e. The summed E-state index contributed by atoms with van der Waals surface area (Å²) in [5.74, 6) is -0.812. The predicted molar refractivity (Wildman–Crippen MR) is 118 cm³/mol. The van der Waals surface area contributed by atoms with Gasteiger partial charge in [-0.05, 0) is 49.2 Å². The van der Waals surface area contributed by atoms with Gasteiger partial charge >= 0.3 is 0 Å². The van der Waals surface area contributed by atoms with Crippen molar-refractivity contribution in [1.82, 2.24) is 5.32 Å². The number of alkyl halides is 1. The van der Waals surface area contributed by atoms with Gasteiger partial charge in [0.05, 0.1) is 9.64 Å². The summed E-state index contributed by atoms with van der Waals surface area (Å²) in [7, 11) is -3.80. The van der Waals surface area contributed by atoms with E-state index in [2.05, 4.69) is 5.32 Å². The van der Waals surface area contributed by atoms with Crippen molar-refractivity contribution in [1.29, 1.82) is 0 Å². The van der Waals surface area contributed by atoms with Gasteiger partial charge in [-0.1, -0.05) is 78.9 Å². The van der Waals surface area contributed by atoms with Gasteiger partial charge in [0.15, 0.2) is 9.84 Å². The van der Waals surface area contributed by atoms with Crippen LogP contribution in [-0.4, -0.2) is 26.3 Å². The number of hydrogen-bond acceptors (Lipinski definition) is 3. The molecule has 1 aliphatic rings. The van der Waals surface area contributed by atoms with Gasteiger partial charge in [0.25, 0.3) is 0 Å². The molecule has 0 radical (unpaired) electrons. The van der Waals surface area contributed by atoms with Gasteiger partial charge in [0, 0.05) is 5.92 Å². The van der Waals surface area contributed by atoms with E-state index in [0.29, 0.717) is 31.5 Å². The van der Waals surface area contributed by atoms with E-state index < -0.39 is 26.7 Å². The van der Waals surface area contributed by atoms with Gasteiger partial charge in [-0.15, -0.1) is 0 Å². The lowest BCUT2D eigenvalue weighted by Crippen LogP contribution is -2.52. The predicted octanol–water partition coefficient (Wildman–Crippen LogP) is 5.08. The first-order chi connectivity index (χ1) is 14.6. The van der Waals surface area contributed by atoms with Crippen LogP contribution in [0.5, 0.6) is 0 Å². The summed E-state index contributed by atoms with van der Waals surface area (Å²) in [6.07, 6.45) is -0.723. The molecule has 3 aromatic rings. The number of hydrogen-bond donors (Lipinski definition) is 1. The van der Waals surface area contributed by atoms with Crippen molar-refractivity contribution in [3.8, 4) is 0 Å². The zero-order valence-electron chi connectivity index (χ0n) is 16.7. The fourth-order valence-corrected chi connectivity index (χ4v) is 6.98. The summed E-state index contributed by atoms with van der Waals surface area (Å²) >= 11 is 0. The van der Waals surface area contributed by atoms with Crippen molar-refractivity contribution in [2.75, 3.05) is 13.1 Å². The van der Waals surface area contributed by atoms with E-state index in [4.69, 9.17) is 0 Å². The van der Waals surface area contributed by atoms with E-state index in [1.165, 1.54) is 0 Å². The third-order valence-electron chi connectivity index (χ3n) is 6.17. The molecule has 0 spiro atoms. The maximum atomic E-state index is 16.3. The van der Waals surface area contributed by atoms with Crippen LogP contribution >= 0.6 is 0 Å². The molecule has 2 atom stereocenters. The fourth-order valence-electron chi connectivity index (χ4n) is 4.66. The number of sulfone groups is 1. The lowest BCUT2D eigenvalue weighted by molar-refractivity contribution is 0.212. The molecule has 1 aliphatic heterocycles. The highest BCUT2D eigenvalue weighted by atomic mass is 32.2. The van der Waals surface area contributed by atoms with Crippen LogP contribution in [0.1, 0.15) is 36.1 Å². The lowest BCUT2D eigenvalue weighted by Gasteiger charge is -2.44. The quantitative estimate of drug-likeness (QED) is 0.602. The normalized spacial score (nSPS) is 18.4. The Hall–Kier alpha value is -2.50. The zero-order chi connectivity index (χ0) is 21.0. The zero-order valence-corrected chi connectivity index (χ0v) is 17.6. The molecule has 0 bridgehead atoms. The van der Waals surface area contributed by atoms with Crippen molar-refractivity contribution in [3.05, 3.63) is 102 Å². The first-order valence-corrected chi connectivity index (χ1v) is 11.8. The van der Waals surface area contributed by atoms with E-state index in [1.807, 2.05) is 36.4 Å². The van der Waals surface area contributed by atoms with Gasteiger partial charge in [0.2, 0.25) is 0 Å². The number of benzene rings is 3. The SMILES string of the molecule is O=S(=O)(c1ccccc1)C1(C(c2ccccc2)C(F)c2ccccc2)CCNCC1. The van der Waals surface area contributed by atoms with Crippen molar-refractivity contribution in [3.63, 3.8) is 0 Å². The number of rotatable bonds is 6. The summed E-state index contributed by atoms with van der Waals surface area (Å²) in [4.78, 5) is 0.257. The molecule has 3 aromatic carbocycles. The Morgan fingerprint density at radius 2 is 1.20 bits per heavy atom. The number of halogens is 1. The molecule has 1 fully saturated rings. The molecule has 1 N–H and O–H groups in total. The standard InChI is InChI=1S/C25H26FNO2S/c26-24(21-12-6-2-7-13-21)23(20-10-4-1-5-11-20)25(16-18-27-19-17-25)30(28,29)22-14-8-3-9-15-22/h1-15,23-24,27H,16-19H2. The van der Waals surface area contributed by atoms with E-state index >= 15 is 4.39 Å². The summed E-state index contributed by atoms with van der Waals surface area (Å²) in [5.41, 5.74) is 1.22. The second-order valence-corrected chi connectivity index (χ2v) is 10.1. The fraction of sp³-hybridized carbons (Fsp3) is 0.280.